The first-order chi connectivity index (χ1) is 13.4. The molecule has 0 saturated carbocycles. The quantitative estimate of drug-likeness (QED) is 0.533. The number of ether oxygens (including phenoxy) is 2. The van der Waals surface area contributed by atoms with Crippen LogP contribution in [-0.2, 0) is 27.2 Å². The lowest BCUT2D eigenvalue weighted by atomic mass is 10.0. The van der Waals surface area contributed by atoms with Crippen molar-refractivity contribution in [3.8, 4) is 0 Å². The fourth-order valence-electron chi connectivity index (χ4n) is 2.87. The number of nitrogens with zero attached hydrogens (tertiary/aromatic N) is 1. The summed E-state index contributed by atoms with van der Waals surface area (Å²) in [6.07, 6.45) is 2.80. The summed E-state index contributed by atoms with van der Waals surface area (Å²) >= 11 is 0. The molecule has 0 saturated heterocycles. The number of carbonyl (C=O) groups is 2. The summed E-state index contributed by atoms with van der Waals surface area (Å²) in [5.74, 6) is -2.11. The van der Waals surface area contributed by atoms with E-state index < -0.39 is 17.4 Å². The molecule has 0 spiro atoms. The Balaban J connectivity index is 1.90. The first-order valence-electron chi connectivity index (χ1n) is 9.20. The second kappa shape index (κ2) is 10.6. The fraction of sp³-hybridized carbons (Fsp3) is 0.450. The first-order valence-corrected chi connectivity index (χ1v) is 9.20. The molecule has 0 aliphatic heterocycles. The summed E-state index contributed by atoms with van der Waals surface area (Å²) in [4.78, 5) is 34.1. The van der Waals surface area contributed by atoms with Crippen LogP contribution in [0.3, 0.4) is 0 Å². The summed E-state index contributed by atoms with van der Waals surface area (Å²) in [6, 6.07) is 5.53. The molecule has 0 amide bonds. The molecule has 1 aromatic carbocycles. The molecular weight excluding hydrogens is 366 g/mol. The van der Waals surface area contributed by atoms with Crippen molar-refractivity contribution in [2.75, 3.05) is 26.4 Å². The fourth-order valence-corrected chi connectivity index (χ4v) is 2.87. The smallest absolute Gasteiger partial charge is 0.341 e. The third kappa shape index (κ3) is 5.90. The van der Waals surface area contributed by atoms with Gasteiger partial charge < -0.3 is 24.3 Å². The average molecular weight is 391 g/mol. The molecule has 0 fully saturated rings. The van der Waals surface area contributed by atoms with Crippen LogP contribution in [-0.4, -0.2) is 53.1 Å². The van der Waals surface area contributed by atoms with Crippen LogP contribution in [0.5, 0.6) is 0 Å². The number of benzene rings is 1. The standard InChI is InChI=1S/C20H25NO7/c1-2-21-13-16(20(25)26)19(24)15-12-14(5-6-17(15)21)4-3-8-27-10-11-28-9-7-18(22)23/h5-6,12-13H,2-4,7-11H2,1H3,(H,22,23)(H,25,26). The Morgan fingerprint density at radius 1 is 1.07 bits per heavy atom. The third-order valence-corrected chi connectivity index (χ3v) is 4.30. The number of pyridine rings is 1. The molecular formula is C20H25NO7. The summed E-state index contributed by atoms with van der Waals surface area (Å²) < 4.78 is 12.3. The molecule has 0 aliphatic carbocycles. The van der Waals surface area contributed by atoms with Crippen LogP contribution >= 0.6 is 0 Å². The maximum absolute atomic E-state index is 12.5. The zero-order chi connectivity index (χ0) is 20.5. The number of carboxylic acids is 2. The molecule has 8 heteroatoms. The zero-order valence-corrected chi connectivity index (χ0v) is 15.8. The number of hydrogen-bond donors (Lipinski definition) is 2. The van der Waals surface area contributed by atoms with Gasteiger partial charge in [-0.25, -0.2) is 4.79 Å². The lowest BCUT2D eigenvalue weighted by molar-refractivity contribution is -0.138. The Hall–Kier alpha value is -2.71. The van der Waals surface area contributed by atoms with Crippen molar-refractivity contribution in [2.24, 2.45) is 0 Å². The van der Waals surface area contributed by atoms with Gasteiger partial charge >= 0.3 is 11.9 Å². The minimum absolute atomic E-state index is 0.0225. The van der Waals surface area contributed by atoms with E-state index in [-0.39, 0.29) is 18.6 Å². The molecule has 1 heterocycles. The molecule has 2 aromatic rings. The van der Waals surface area contributed by atoms with Crippen molar-refractivity contribution >= 4 is 22.8 Å². The van der Waals surface area contributed by atoms with Crippen molar-refractivity contribution in [1.29, 1.82) is 0 Å². The Labute approximate surface area is 162 Å². The second-order valence-corrected chi connectivity index (χ2v) is 6.29. The Morgan fingerprint density at radius 2 is 1.79 bits per heavy atom. The van der Waals surface area contributed by atoms with Gasteiger partial charge in [-0.3, -0.25) is 9.59 Å². The van der Waals surface area contributed by atoms with Gasteiger partial charge in [-0.1, -0.05) is 6.07 Å². The second-order valence-electron chi connectivity index (χ2n) is 6.29. The topological polar surface area (TPSA) is 115 Å². The van der Waals surface area contributed by atoms with Crippen molar-refractivity contribution in [1.82, 2.24) is 4.57 Å². The van der Waals surface area contributed by atoms with Gasteiger partial charge in [0.2, 0.25) is 5.43 Å². The van der Waals surface area contributed by atoms with Gasteiger partial charge in [0.15, 0.2) is 0 Å². The van der Waals surface area contributed by atoms with E-state index in [1.165, 1.54) is 6.20 Å². The molecule has 152 valence electrons. The minimum atomic E-state index is -1.22. The number of carboxylic acid groups (broad SMARTS) is 2. The Morgan fingerprint density at radius 3 is 2.43 bits per heavy atom. The van der Waals surface area contributed by atoms with Gasteiger partial charge in [-0.05, 0) is 37.5 Å². The maximum Gasteiger partial charge on any atom is 0.341 e. The Kier molecular flexibility index (Phi) is 8.16. The number of aromatic carboxylic acids is 1. The van der Waals surface area contributed by atoms with Crippen LogP contribution in [0.2, 0.25) is 0 Å². The number of fused-ring (bicyclic) bond motifs is 1. The Bertz CT molecular complexity index is 888. The minimum Gasteiger partial charge on any atom is -0.481 e. The molecule has 0 radical (unpaired) electrons. The average Bonchev–Trinajstić information content (AvgIpc) is 2.66. The van der Waals surface area contributed by atoms with E-state index in [9.17, 15) is 19.5 Å². The van der Waals surface area contributed by atoms with E-state index in [0.717, 1.165) is 17.5 Å². The van der Waals surface area contributed by atoms with Crippen molar-refractivity contribution in [3.63, 3.8) is 0 Å². The van der Waals surface area contributed by atoms with Crippen LogP contribution in [0.4, 0.5) is 0 Å². The molecule has 1 aromatic heterocycles. The first kappa shape index (κ1) is 21.6. The number of rotatable bonds is 12. The number of hydrogen-bond acceptors (Lipinski definition) is 5. The van der Waals surface area contributed by atoms with Crippen LogP contribution < -0.4 is 5.43 Å². The van der Waals surface area contributed by atoms with Gasteiger partial charge in [0.1, 0.15) is 5.56 Å². The number of aliphatic carboxylic acids is 1. The van der Waals surface area contributed by atoms with E-state index >= 15 is 0 Å². The normalized spacial score (nSPS) is 11.0. The molecule has 0 atom stereocenters. The van der Waals surface area contributed by atoms with Gasteiger partial charge in [0, 0.05) is 24.7 Å². The van der Waals surface area contributed by atoms with Gasteiger partial charge in [-0.15, -0.1) is 0 Å². The predicted molar refractivity (Wildman–Crippen MR) is 103 cm³/mol. The van der Waals surface area contributed by atoms with Crippen LogP contribution in [0.15, 0.2) is 29.2 Å². The maximum atomic E-state index is 12.5. The van der Waals surface area contributed by atoms with Crippen LogP contribution in [0, 0.1) is 0 Å². The molecule has 28 heavy (non-hydrogen) atoms. The molecule has 2 rings (SSSR count). The van der Waals surface area contributed by atoms with E-state index in [0.29, 0.717) is 38.2 Å². The van der Waals surface area contributed by atoms with E-state index in [4.69, 9.17) is 14.6 Å². The highest BCUT2D eigenvalue weighted by molar-refractivity contribution is 5.92. The van der Waals surface area contributed by atoms with E-state index in [1.54, 1.807) is 10.6 Å². The monoisotopic (exact) mass is 391 g/mol. The van der Waals surface area contributed by atoms with Crippen molar-refractivity contribution in [3.05, 3.63) is 45.7 Å². The number of aromatic nitrogens is 1. The lowest BCUT2D eigenvalue weighted by Gasteiger charge is -2.11. The highest BCUT2D eigenvalue weighted by Crippen LogP contribution is 2.16. The van der Waals surface area contributed by atoms with E-state index in [1.807, 2.05) is 19.1 Å². The van der Waals surface area contributed by atoms with Gasteiger partial charge in [0.25, 0.3) is 0 Å². The highest BCUT2D eigenvalue weighted by atomic mass is 16.5. The molecule has 0 bridgehead atoms. The SMILES string of the molecule is CCn1cc(C(=O)O)c(=O)c2cc(CCCOCCOCCC(=O)O)ccc21. The highest BCUT2D eigenvalue weighted by Gasteiger charge is 2.14. The van der Waals surface area contributed by atoms with Gasteiger partial charge in [-0.2, -0.15) is 0 Å². The largest absolute Gasteiger partial charge is 0.481 e. The summed E-state index contributed by atoms with van der Waals surface area (Å²) in [6.45, 7) is 3.88. The number of aryl methyl sites for hydroxylation is 2. The lowest BCUT2D eigenvalue weighted by Crippen LogP contribution is -2.18. The van der Waals surface area contributed by atoms with Crippen LogP contribution in [0.1, 0.15) is 35.7 Å². The van der Waals surface area contributed by atoms with Gasteiger partial charge in [0.05, 0.1) is 31.8 Å². The molecule has 2 N–H and O–H groups in total. The van der Waals surface area contributed by atoms with Crippen LogP contribution in [0.25, 0.3) is 10.9 Å². The predicted octanol–water partition coefficient (Wildman–Crippen LogP) is 2.16. The van der Waals surface area contributed by atoms with E-state index in [2.05, 4.69) is 0 Å². The zero-order valence-electron chi connectivity index (χ0n) is 15.8. The summed E-state index contributed by atoms with van der Waals surface area (Å²) in [7, 11) is 0. The molecule has 0 unspecified atom stereocenters. The summed E-state index contributed by atoms with van der Waals surface area (Å²) in [5.41, 5.74) is 0.966. The van der Waals surface area contributed by atoms with Crippen molar-refractivity contribution < 1.29 is 29.3 Å². The molecule has 0 aliphatic rings. The molecule has 8 nitrogen and oxygen atoms in total. The third-order valence-electron chi connectivity index (χ3n) is 4.30. The van der Waals surface area contributed by atoms with Crippen molar-refractivity contribution in [2.45, 2.75) is 32.7 Å². The summed E-state index contributed by atoms with van der Waals surface area (Å²) in [5, 5.41) is 18.1.